The summed E-state index contributed by atoms with van der Waals surface area (Å²) in [5, 5.41) is 3.95. The van der Waals surface area contributed by atoms with Gasteiger partial charge in [0.15, 0.2) is 0 Å². The molecular formula is C19H16ClFN2O2. The fraction of sp³-hybridized carbons (Fsp3) is 0.158. The van der Waals surface area contributed by atoms with Gasteiger partial charge < -0.3 is 5.32 Å². The van der Waals surface area contributed by atoms with Crippen molar-refractivity contribution >= 4 is 34.3 Å². The van der Waals surface area contributed by atoms with E-state index < -0.39 is 0 Å². The summed E-state index contributed by atoms with van der Waals surface area (Å²) in [7, 11) is 0. The predicted octanol–water partition coefficient (Wildman–Crippen LogP) is 4.07. The number of halogens is 2. The normalized spacial score (nSPS) is 10.8. The summed E-state index contributed by atoms with van der Waals surface area (Å²) in [6.45, 7) is 1.84. The molecule has 1 aromatic heterocycles. The number of aromatic nitrogens is 1. The van der Waals surface area contributed by atoms with Gasteiger partial charge in [-0.05, 0) is 42.3 Å². The molecule has 128 valence electrons. The summed E-state index contributed by atoms with van der Waals surface area (Å²) in [5.41, 5.74) is 1.96. The van der Waals surface area contributed by atoms with Crippen molar-refractivity contribution < 1.29 is 14.0 Å². The Balaban J connectivity index is 1.78. The van der Waals surface area contributed by atoms with Crippen molar-refractivity contribution in [2.45, 2.75) is 13.3 Å². The van der Waals surface area contributed by atoms with E-state index in [0.717, 1.165) is 5.56 Å². The molecule has 0 saturated heterocycles. The Morgan fingerprint density at radius 2 is 1.88 bits per heavy atom. The van der Waals surface area contributed by atoms with E-state index in [4.69, 9.17) is 11.6 Å². The highest BCUT2D eigenvalue weighted by Gasteiger charge is 2.17. The van der Waals surface area contributed by atoms with Crippen LogP contribution in [0.4, 0.5) is 4.39 Å². The van der Waals surface area contributed by atoms with Crippen LogP contribution in [0.3, 0.4) is 0 Å². The summed E-state index contributed by atoms with van der Waals surface area (Å²) in [6.07, 6.45) is 2.11. The van der Waals surface area contributed by atoms with Crippen LogP contribution < -0.4 is 5.32 Å². The van der Waals surface area contributed by atoms with Gasteiger partial charge in [0.1, 0.15) is 5.82 Å². The molecule has 3 aromatic rings. The van der Waals surface area contributed by atoms with Gasteiger partial charge in [-0.2, -0.15) is 0 Å². The summed E-state index contributed by atoms with van der Waals surface area (Å²) in [6, 6.07) is 11.2. The average Bonchev–Trinajstić information content (AvgIpc) is 2.95. The van der Waals surface area contributed by atoms with Gasteiger partial charge in [0.05, 0.1) is 11.1 Å². The smallest absolute Gasteiger partial charge is 0.253 e. The number of hydrogen-bond donors (Lipinski definition) is 1. The number of nitrogens with zero attached hydrogens (tertiary/aromatic N) is 1. The zero-order chi connectivity index (χ0) is 18.0. The van der Waals surface area contributed by atoms with E-state index in [1.807, 2.05) is 0 Å². The third-order valence-electron chi connectivity index (χ3n) is 3.96. The second kappa shape index (κ2) is 7.07. The molecule has 0 atom stereocenters. The standard InChI is InChI=1S/C19H16ClFN2O2/c1-12(24)23-11-17(16-10-14(20)4-7-18(16)23)19(25)22-9-8-13-2-5-15(21)6-3-13/h2-7,10-11H,8-9H2,1H3,(H,22,25). The molecule has 0 aliphatic heterocycles. The van der Waals surface area contributed by atoms with Gasteiger partial charge in [-0.1, -0.05) is 23.7 Å². The molecule has 0 unspecified atom stereocenters. The van der Waals surface area contributed by atoms with E-state index in [0.29, 0.717) is 34.5 Å². The third-order valence-corrected chi connectivity index (χ3v) is 4.20. The number of hydrogen-bond acceptors (Lipinski definition) is 2. The lowest BCUT2D eigenvalue weighted by molar-refractivity contribution is 0.0941. The number of carbonyl (C=O) groups is 2. The maximum absolute atomic E-state index is 12.9. The maximum atomic E-state index is 12.9. The van der Waals surface area contributed by atoms with Crippen LogP contribution in [-0.4, -0.2) is 22.9 Å². The Labute approximate surface area is 149 Å². The zero-order valence-electron chi connectivity index (χ0n) is 13.6. The average molecular weight is 359 g/mol. The van der Waals surface area contributed by atoms with E-state index in [1.54, 1.807) is 30.3 Å². The molecule has 0 bridgehead atoms. The molecule has 3 rings (SSSR count). The van der Waals surface area contributed by atoms with Crippen molar-refractivity contribution in [3.63, 3.8) is 0 Å². The van der Waals surface area contributed by atoms with E-state index in [1.165, 1.54) is 29.8 Å². The molecule has 4 nitrogen and oxygen atoms in total. The molecule has 0 aliphatic carbocycles. The predicted molar refractivity (Wildman–Crippen MR) is 95.7 cm³/mol. The molecule has 0 fully saturated rings. The molecule has 1 N–H and O–H groups in total. The number of benzene rings is 2. The molecule has 0 saturated carbocycles. The molecule has 0 radical (unpaired) electrons. The van der Waals surface area contributed by atoms with Gasteiger partial charge in [-0.25, -0.2) is 4.39 Å². The van der Waals surface area contributed by atoms with Crippen LogP contribution in [0.1, 0.15) is 27.6 Å². The van der Waals surface area contributed by atoms with Crippen LogP contribution in [0.2, 0.25) is 5.02 Å². The summed E-state index contributed by atoms with van der Waals surface area (Å²) in [4.78, 5) is 24.3. The van der Waals surface area contributed by atoms with Gasteiger partial charge in [0.2, 0.25) is 5.91 Å². The Morgan fingerprint density at radius 1 is 1.16 bits per heavy atom. The van der Waals surface area contributed by atoms with Gasteiger partial charge in [0.25, 0.3) is 5.91 Å². The van der Waals surface area contributed by atoms with E-state index >= 15 is 0 Å². The van der Waals surface area contributed by atoms with E-state index in [2.05, 4.69) is 5.32 Å². The molecule has 6 heteroatoms. The number of amides is 1. The first kappa shape index (κ1) is 17.2. The highest BCUT2D eigenvalue weighted by Crippen LogP contribution is 2.25. The Kier molecular flexibility index (Phi) is 4.86. The van der Waals surface area contributed by atoms with Crippen LogP contribution in [0.25, 0.3) is 10.9 Å². The number of fused-ring (bicyclic) bond motifs is 1. The van der Waals surface area contributed by atoms with Crippen LogP contribution in [0.5, 0.6) is 0 Å². The largest absolute Gasteiger partial charge is 0.352 e. The first-order valence-corrected chi connectivity index (χ1v) is 8.17. The second-order valence-electron chi connectivity index (χ2n) is 5.73. The summed E-state index contributed by atoms with van der Waals surface area (Å²) in [5.74, 6) is -0.756. The second-order valence-corrected chi connectivity index (χ2v) is 6.16. The van der Waals surface area contributed by atoms with Crippen LogP contribution in [-0.2, 0) is 6.42 Å². The first-order valence-electron chi connectivity index (χ1n) is 7.80. The van der Waals surface area contributed by atoms with Crippen molar-refractivity contribution in [3.05, 3.63) is 70.6 Å². The number of nitrogens with one attached hydrogen (secondary N) is 1. The lowest BCUT2D eigenvalue weighted by Crippen LogP contribution is -2.25. The maximum Gasteiger partial charge on any atom is 0.253 e. The van der Waals surface area contributed by atoms with Crippen molar-refractivity contribution in [1.29, 1.82) is 0 Å². The van der Waals surface area contributed by atoms with Gasteiger partial charge in [-0.3, -0.25) is 14.2 Å². The van der Waals surface area contributed by atoms with Crippen LogP contribution >= 0.6 is 11.6 Å². The first-order chi connectivity index (χ1) is 12.0. The van der Waals surface area contributed by atoms with E-state index in [9.17, 15) is 14.0 Å². The van der Waals surface area contributed by atoms with Crippen molar-refractivity contribution in [3.8, 4) is 0 Å². The molecule has 0 spiro atoms. The lowest BCUT2D eigenvalue weighted by Gasteiger charge is -2.05. The SMILES string of the molecule is CC(=O)n1cc(C(=O)NCCc2ccc(F)cc2)c2cc(Cl)ccc21. The van der Waals surface area contributed by atoms with Crippen LogP contribution in [0, 0.1) is 5.82 Å². The lowest BCUT2D eigenvalue weighted by atomic mass is 10.1. The zero-order valence-corrected chi connectivity index (χ0v) is 14.3. The quantitative estimate of drug-likeness (QED) is 0.764. The molecule has 0 aliphatic rings. The Bertz CT molecular complexity index is 948. The van der Waals surface area contributed by atoms with E-state index in [-0.39, 0.29) is 17.6 Å². The molecule has 1 amide bonds. The fourth-order valence-electron chi connectivity index (χ4n) is 2.71. The van der Waals surface area contributed by atoms with Crippen molar-refractivity contribution in [2.24, 2.45) is 0 Å². The number of carbonyl (C=O) groups excluding carboxylic acids is 2. The van der Waals surface area contributed by atoms with Crippen molar-refractivity contribution in [2.75, 3.05) is 6.54 Å². The van der Waals surface area contributed by atoms with Gasteiger partial charge >= 0.3 is 0 Å². The fourth-order valence-corrected chi connectivity index (χ4v) is 2.88. The van der Waals surface area contributed by atoms with Crippen LogP contribution in [0.15, 0.2) is 48.7 Å². The molecule has 25 heavy (non-hydrogen) atoms. The molecule has 2 aromatic carbocycles. The Morgan fingerprint density at radius 3 is 2.56 bits per heavy atom. The molecule has 1 heterocycles. The third kappa shape index (κ3) is 3.72. The minimum Gasteiger partial charge on any atom is -0.352 e. The van der Waals surface area contributed by atoms with Gasteiger partial charge in [0, 0.05) is 30.1 Å². The Hall–Kier alpha value is -2.66. The monoisotopic (exact) mass is 358 g/mol. The topological polar surface area (TPSA) is 51.1 Å². The minimum atomic E-state index is -0.290. The summed E-state index contributed by atoms with van der Waals surface area (Å²) >= 11 is 6.02. The molecular weight excluding hydrogens is 343 g/mol. The van der Waals surface area contributed by atoms with Gasteiger partial charge in [-0.15, -0.1) is 0 Å². The highest BCUT2D eigenvalue weighted by molar-refractivity contribution is 6.31. The highest BCUT2D eigenvalue weighted by atomic mass is 35.5. The summed E-state index contributed by atoms with van der Waals surface area (Å²) < 4.78 is 14.3. The minimum absolute atomic E-state index is 0.183. The number of rotatable bonds is 4. The van der Waals surface area contributed by atoms with Crippen molar-refractivity contribution in [1.82, 2.24) is 9.88 Å².